The molecule has 533 valence electrons. The molecule has 30 nitrogen and oxygen atoms in total. The van der Waals surface area contributed by atoms with Crippen molar-refractivity contribution in [2.45, 2.75) is 0 Å². The summed E-state index contributed by atoms with van der Waals surface area (Å²) < 4.78 is 8.73. The Morgan fingerprint density at radius 3 is 1.12 bits per heavy atom. The summed E-state index contributed by atoms with van der Waals surface area (Å²) in [4.78, 5) is 109. The van der Waals surface area contributed by atoms with Gasteiger partial charge in [0.1, 0.15) is 17.1 Å². The van der Waals surface area contributed by atoms with E-state index in [1.807, 2.05) is 54.6 Å². The number of pyridine rings is 6. The number of halogens is 1. The van der Waals surface area contributed by atoms with Gasteiger partial charge in [-0.1, -0.05) is 67.3 Å². The van der Waals surface area contributed by atoms with Crippen LogP contribution in [0.15, 0.2) is 214 Å². The second kappa shape index (κ2) is 34.8. The minimum atomic E-state index is -0.585. The number of nitrogens with two attached hydrogens (primary N) is 1. The Morgan fingerprint density at radius 2 is 0.731 bits per heavy atom. The van der Waals surface area contributed by atoms with Crippen LogP contribution in [-0.2, 0) is 73.5 Å². The molecule has 0 unspecified atom stereocenters. The van der Waals surface area contributed by atoms with E-state index in [4.69, 9.17) is 11.6 Å². The van der Waals surface area contributed by atoms with Gasteiger partial charge < -0.3 is 82.5 Å². The fourth-order valence-electron chi connectivity index (χ4n) is 11.0. The van der Waals surface area contributed by atoms with Gasteiger partial charge in [-0.05, 0) is 66.7 Å². The molecule has 0 bridgehead atoms. The van der Waals surface area contributed by atoms with Crippen molar-refractivity contribution < 1.29 is 67.0 Å². The number of hydrogen-bond acceptors (Lipinski definition) is 15. The first kappa shape index (κ1) is 75.8. The predicted octanol–water partition coefficient (Wildman–Crippen LogP) is 12.1. The van der Waals surface area contributed by atoms with Gasteiger partial charge in [0.25, 0.3) is 35.4 Å². The largest absolute Gasteiger partial charge is 0.693 e. The van der Waals surface area contributed by atoms with Gasteiger partial charge in [0, 0.05) is 179 Å². The molecule has 15 aromatic rings. The Bertz CT molecular complexity index is 5390. The molecular weight excluding hydrogens is 1620 g/mol. The molecule has 0 aliphatic heterocycles. The summed E-state index contributed by atoms with van der Waals surface area (Å²) in [5.74, 6) is 5.94. The van der Waals surface area contributed by atoms with E-state index in [9.17, 15) is 28.8 Å². The molecule has 0 spiro atoms. The first-order valence-electron chi connectivity index (χ1n) is 31.0. The second-order valence-electron chi connectivity index (χ2n) is 22.6. The van der Waals surface area contributed by atoms with Crippen molar-refractivity contribution in [3.8, 4) is 0 Å². The van der Waals surface area contributed by atoms with Gasteiger partial charge in [-0.25, -0.2) is 9.97 Å². The summed E-state index contributed by atoms with van der Waals surface area (Å²) in [7, 11) is 13.0. The van der Waals surface area contributed by atoms with Crippen LogP contribution in [0.4, 0.5) is 28.4 Å². The van der Waals surface area contributed by atoms with Crippen LogP contribution in [0, 0.1) is 0 Å². The third kappa shape index (κ3) is 17.5. The maximum absolute atomic E-state index is 13.0. The van der Waals surface area contributed by atoms with Crippen molar-refractivity contribution in [2.75, 3.05) is 39.9 Å². The minimum absolute atomic E-state index is 0. The van der Waals surface area contributed by atoms with Gasteiger partial charge in [-0.15, -0.1) is 0 Å². The van der Waals surface area contributed by atoms with Gasteiger partial charge in [-0.3, -0.25) is 58.7 Å². The van der Waals surface area contributed by atoms with Crippen molar-refractivity contribution in [2.24, 2.45) is 35.2 Å². The SMILES string of the molecule is Cn1cc(NC(=O)c2cc(NC(=O)c3nccn3C)cn2C)cc1C(=O)NC[NH-].Cn1cc(NC(=O)c2cc(NC(=O)c3nccn3C)cn2[NH-])cc1C(=O)NCNc1ccnc2c1ccc1cccnc12.[Cl][Pt].[NH2-].[Ru].c1cnc2c(c1)ccc1cccnc12.c1cnc2c(c1)ccc1cccnc12. The number of aryl methyl sites for hydroxylation is 5. The molecule has 12 aromatic heterocycles. The molecule has 0 saturated carbocycles. The number of fused-ring (bicyclic) bond motifs is 9. The maximum atomic E-state index is 13.0. The number of rotatable bonds is 14. The summed E-state index contributed by atoms with van der Waals surface area (Å²) >= 11 is 1.61. The van der Waals surface area contributed by atoms with Crippen LogP contribution in [0.25, 0.3) is 83.1 Å². The van der Waals surface area contributed by atoms with E-state index in [2.05, 4.69) is 135 Å². The van der Waals surface area contributed by atoms with E-state index in [-0.39, 0.29) is 73.8 Å². The molecule has 0 saturated heterocycles. The summed E-state index contributed by atoms with van der Waals surface area (Å²) in [6, 6.07) is 39.9. The van der Waals surface area contributed by atoms with Crippen molar-refractivity contribution in [3.05, 3.63) is 266 Å². The topological polar surface area (TPSA) is 400 Å². The molecule has 3 aromatic carbocycles. The number of carbonyl (C=O) groups excluding carboxylic acids is 6. The molecule has 0 fully saturated rings. The molecule has 104 heavy (non-hydrogen) atoms. The van der Waals surface area contributed by atoms with E-state index >= 15 is 0 Å². The fourth-order valence-corrected chi connectivity index (χ4v) is 11.0. The van der Waals surface area contributed by atoms with Crippen LogP contribution >= 0.6 is 9.42 Å². The smallest absolute Gasteiger partial charge is 0.0964 e. The summed E-state index contributed by atoms with van der Waals surface area (Å²) in [6.45, 7) is -0.0912. The Kier molecular flexibility index (Phi) is 25.4. The number of hydrogen-bond donors (Lipinski definition) is 7. The number of imidazole rings is 2. The normalized spacial score (nSPS) is 10.5. The summed E-state index contributed by atoms with van der Waals surface area (Å²) in [6.07, 6.45) is 23.1. The maximum Gasteiger partial charge on any atom is 0.0964 e. The zero-order valence-electron chi connectivity index (χ0n) is 56.0. The number of amides is 6. The van der Waals surface area contributed by atoms with Crippen molar-refractivity contribution in [1.82, 2.24) is 78.0 Å². The quantitative estimate of drug-likeness (QED) is 0.0302. The molecule has 0 radical (unpaired) electrons. The molecule has 0 aliphatic rings. The van der Waals surface area contributed by atoms with Crippen molar-refractivity contribution in [1.29, 1.82) is 0 Å². The first-order chi connectivity index (χ1) is 49.5. The molecule has 0 aliphatic carbocycles. The number of carbonyl (C=O) groups is 6. The third-order valence-electron chi connectivity index (χ3n) is 15.8. The van der Waals surface area contributed by atoms with Crippen LogP contribution in [-0.4, -0.2) is 116 Å². The standard InChI is InChI=1S/C29H26N11O3.C18H21N8O3.2C12H8N2.ClH.H2N.Pt.Ru/c1-38-11-10-33-26(38)29(43)37-19-13-23(40(30)15-19)28(42)36-18-12-22(39(2)14-18)27(41)35-16-34-21-7-9-32-25-20(21)6-5-17-4-3-8-31-24(17)25;1-24-5-4-20-15(24)18(29)23-12-7-14(26(3)9-12)17(28)22-11-6-13(25(2)8-11)16(27)21-10-19;2*1-3-9-5-6-10-4-2-8-14-12(10)11(9)13-7-1;;;;/h3-15,30H,16H2,1-2H3,(H,32,34)(H,35,41)(H,36,42)(H,37,43);4-9,19H,10H2,1-3H3,(H,21,27)(H,22,28)(H,23,29);2*1-8H;1H;1H2;;/q2*-1;;;;-1;+1;/p-1. The van der Waals surface area contributed by atoms with E-state index in [0.717, 1.165) is 75.8 Å². The average molecular weight is 1680 g/mol. The molecule has 12 heterocycles. The predicted molar refractivity (Wildman–Crippen MR) is 393 cm³/mol. The molecular formula is C71H65ClN24O6PtRu-3. The number of nitrogens with one attached hydrogen (secondary N) is 9. The van der Waals surface area contributed by atoms with E-state index < -0.39 is 23.6 Å². The van der Waals surface area contributed by atoms with Crippen LogP contribution in [0.1, 0.15) is 63.2 Å². The van der Waals surface area contributed by atoms with E-state index in [1.54, 1.807) is 151 Å². The summed E-state index contributed by atoms with van der Waals surface area (Å²) in [5, 5.41) is 25.6. The second-order valence-corrected chi connectivity index (χ2v) is 22.6. The Labute approximate surface area is 621 Å². The molecule has 0 atom stereocenters. The first-order valence-corrected chi connectivity index (χ1v) is 33.8. The number of aromatic nitrogens is 14. The van der Waals surface area contributed by atoms with Crippen LogP contribution in [0.5, 0.6) is 0 Å². The molecule has 33 heteroatoms. The number of nitrogens with zero attached hydrogens (tertiary/aromatic N) is 14. The molecule has 11 N–H and O–H groups in total. The van der Waals surface area contributed by atoms with E-state index in [0.29, 0.717) is 34.1 Å². The zero-order chi connectivity index (χ0) is 72.0. The minimum Gasteiger partial charge on any atom is -0.693 e. The van der Waals surface area contributed by atoms with Crippen molar-refractivity contribution in [3.63, 3.8) is 0 Å². The van der Waals surface area contributed by atoms with Crippen molar-refractivity contribution >= 4 is 139 Å². The number of benzene rings is 3. The Morgan fingerprint density at radius 1 is 0.394 bits per heavy atom. The Balaban J connectivity index is 0.000000175. The molecule has 15 rings (SSSR count). The summed E-state index contributed by atoms with van der Waals surface area (Å²) in [5.41, 5.74) is 15.8. The third-order valence-corrected chi connectivity index (χ3v) is 15.8. The molecule has 6 amide bonds. The van der Waals surface area contributed by atoms with Gasteiger partial charge in [0.05, 0.1) is 68.2 Å². The monoisotopic (exact) mass is 1680 g/mol. The van der Waals surface area contributed by atoms with Gasteiger partial charge >= 0.3 is 28.2 Å². The average Bonchev–Trinajstić information content (AvgIpc) is 1.73. The Hall–Kier alpha value is -12.4. The van der Waals surface area contributed by atoms with Crippen LogP contribution in [0.2, 0.25) is 0 Å². The fraction of sp³-hybridized carbons (Fsp3) is 0.0986. The zero-order valence-corrected chi connectivity index (χ0v) is 60.7. The van der Waals surface area contributed by atoms with Gasteiger partial charge in [0.2, 0.25) is 0 Å². The van der Waals surface area contributed by atoms with Gasteiger partial charge in [0.15, 0.2) is 11.6 Å². The van der Waals surface area contributed by atoms with Crippen LogP contribution in [0.3, 0.4) is 0 Å². The van der Waals surface area contributed by atoms with Crippen LogP contribution < -0.4 is 37.2 Å². The van der Waals surface area contributed by atoms with Gasteiger partial charge in [-0.2, -0.15) is 0 Å². The van der Waals surface area contributed by atoms with E-state index in [1.165, 1.54) is 36.8 Å². The number of anilines is 5.